The average Bonchev–Trinajstić information content (AvgIpc) is 1.97. The van der Waals surface area contributed by atoms with Gasteiger partial charge in [0.25, 0.3) is 0 Å². The summed E-state index contributed by atoms with van der Waals surface area (Å²) >= 11 is 0. The van der Waals surface area contributed by atoms with Gasteiger partial charge >= 0.3 is 0 Å². The van der Waals surface area contributed by atoms with Gasteiger partial charge in [-0.15, -0.1) is 0 Å². The highest BCUT2D eigenvalue weighted by molar-refractivity contribution is 4.83. The molecule has 5 N–H and O–H groups in total. The molecule has 1 aliphatic rings. The summed E-state index contributed by atoms with van der Waals surface area (Å²) in [4.78, 5) is 0. The Morgan fingerprint density at radius 2 is 1.00 bits per heavy atom. The fourth-order valence-electron chi connectivity index (χ4n) is 0.843. The molecule has 1 heterocycles. The number of rotatable bonds is 0. The first-order valence-corrected chi connectivity index (χ1v) is 3.10. The van der Waals surface area contributed by atoms with E-state index in [4.69, 9.17) is 25.5 Å². The number of aliphatic hydroxyl groups is 5. The smallest absolute Gasteiger partial charge is 0.186 e. The van der Waals surface area contributed by atoms with Crippen LogP contribution in [0.3, 0.4) is 0 Å². The summed E-state index contributed by atoms with van der Waals surface area (Å²) in [5.74, 6) is 0. The standard InChI is InChI=1S/C5H10O6/c6-1-2(7)4(9)11-5(10)3(1)8/h1-10H/t2-,3-,4+,5+/m0/s1. The molecule has 0 aliphatic carbocycles. The highest BCUT2D eigenvalue weighted by Crippen LogP contribution is 2.17. The van der Waals surface area contributed by atoms with Crippen LogP contribution in [0.1, 0.15) is 0 Å². The van der Waals surface area contributed by atoms with Gasteiger partial charge < -0.3 is 30.3 Å². The van der Waals surface area contributed by atoms with E-state index in [9.17, 15) is 0 Å². The highest BCUT2D eigenvalue weighted by Gasteiger charge is 2.42. The Labute approximate surface area is 62.3 Å². The van der Waals surface area contributed by atoms with Crippen molar-refractivity contribution in [2.75, 3.05) is 0 Å². The maximum Gasteiger partial charge on any atom is 0.186 e. The summed E-state index contributed by atoms with van der Waals surface area (Å²) in [6.45, 7) is 0. The van der Waals surface area contributed by atoms with Gasteiger partial charge in [0.05, 0.1) is 0 Å². The first-order valence-electron chi connectivity index (χ1n) is 3.10. The Kier molecular flexibility index (Phi) is 2.43. The zero-order chi connectivity index (χ0) is 8.59. The van der Waals surface area contributed by atoms with E-state index in [1.807, 2.05) is 0 Å². The normalized spacial score (nSPS) is 52.6. The largest absolute Gasteiger partial charge is 0.387 e. The Morgan fingerprint density at radius 1 is 0.636 bits per heavy atom. The summed E-state index contributed by atoms with van der Waals surface area (Å²) in [6, 6.07) is 0. The molecule has 1 fully saturated rings. The predicted molar refractivity (Wildman–Crippen MR) is 31.1 cm³/mol. The topological polar surface area (TPSA) is 110 Å². The van der Waals surface area contributed by atoms with Crippen molar-refractivity contribution < 1.29 is 30.3 Å². The van der Waals surface area contributed by atoms with Crippen LogP contribution in [0.2, 0.25) is 0 Å². The van der Waals surface area contributed by atoms with E-state index in [2.05, 4.69) is 4.74 Å². The first kappa shape index (κ1) is 8.85. The van der Waals surface area contributed by atoms with Crippen LogP contribution in [0.4, 0.5) is 0 Å². The van der Waals surface area contributed by atoms with Crippen LogP contribution in [-0.4, -0.2) is 56.4 Å². The lowest BCUT2D eigenvalue weighted by Crippen LogP contribution is -2.57. The van der Waals surface area contributed by atoms with Crippen molar-refractivity contribution in [3.63, 3.8) is 0 Å². The van der Waals surface area contributed by atoms with Crippen LogP contribution in [0, 0.1) is 0 Å². The van der Waals surface area contributed by atoms with Crippen LogP contribution in [0.25, 0.3) is 0 Å². The molecule has 1 aliphatic heterocycles. The lowest BCUT2D eigenvalue weighted by atomic mass is 10.0. The fraction of sp³-hybridized carbons (Fsp3) is 1.00. The Morgan fingerprint density at radius 3 is 1.36 bits per heavy atom. The van der Waals surface area contributed by atoms with Crippen LogP contribution in [0.5, 0.6) is 0 Å². The molecule has 0 radical (unpaired) electrons. The Hall–Kier alpha value is -0.240. The van der Waals surface area contributed by atoms with E-state index in [1.54, 1.807) is 0 Å². The first-order chi connectivity index (χ1) is 5.04. The van der Waals surface area contributed by atoms with Crippen molar-refractivity contribution in [1.82, 2.24) is 0 Å². The van der Waals surface area contributed by atoms with E-state index < -0.39 is 30.9 Å². The molecule has 11 heavy (non-hydrogen) atoms. The Balaban J connectivity index is 2.63. The van der Waals surface area contributed by atoms with Gasteiger partial charge in [0.15, 0.2) is 12.6 Å². The van der Waals surface area contributed by atoms with Gasteiger partial charge in [0.2, 0.25) is 0 Å². The van der Waals surface area contributed by atoms with E-state index >= 15 is 0 Å². The molecule has 66 valence electrons. The van der Waals surface area contributed by atoms with Crippen molar-refractivity contribution in [3.8, 4) is 0 Å². The lowest BCUT2D eigenvalue weighted by molar-refractivity contribution is -0.328. The molecule has 0 aromatic rings. The second kappa shape index (κ2) is 3.02. The summed E-state index contributed by atoms with van der Waals surface area (Å²) in [5.41, 5.74) is 0. The molecule has 6 heteroatoms. The lowest BCUT2D eigenvalue weighted by Gasteiger charge is -2.35. The molecule has 0 aromatic carbocycles. The third kappa shape index (κ3) is 1.51. The summed E-state index contributed by atoms with van der Waals surface area (Å²) in [5, 5.41) is 44.0. The van der Waals surface area contributed by atoms with Gasteiger partial charge in [-0.05, 0) is 0 Å². The van der Waals surface area contributed by atoms with Crippen LogP contribution < -0.4 is 0 Å². The summed E-state index contributed by atoms with van der Waals surface area (Å²) in [6.07, 6.45) is -8.10. The Bertz CT molecular complexity index is 125. The molecule has 4 atom stereocenters. The van der Waals surface area contributed by atoms with Gasteiger partial charge in [-0.2, -0.15) is 0 Å². The minimum atomic E-state index is -1.66. The summed E-state index contributed by atoms with van der Waals surface area (Å²) in [7, 11) is 0. The molecule has 0 aromatic heterocycles. The number of hydrogen-bond acceptors (Lipinski definition) is 6. The van der Waals surface area contributed by atoms with Gasteiger partial charge in [-0.3, -0.25) is 0 Å². The number of hydrogen-bond donors (Lipinski definition) is 5. The molecule has 0 unspecified atom stereocenters. The van der Waals surface area contributed by atoms with Crippen molar-refractivity contribution >= 4 is 0 Å². The molecule has 1 rings (SSSR count). The molecule has 0 spiro atoms. The van der Waals surface area contributed by atoms with Crippen molar-refractivity contribution in [2.24, 2.45) is 0 Å². The van der Waals surface area contributed by atoms with Crippen LogP contribution in [-0.2, 0) is 4.74 Å². The molecule has 6 nitrogen and oxygen atoms in total. The van der Waals surface area contributed by atoms with Gasteiger partial charge in [-0.25, -0.2) is 0 Å². The van der Waals surface area contributed by atoms with Crippen molar-refractivity contribution in [3.05, 3.63) is 0 Å². The molecule has 1 saturated heterocycles. The second-order valence-electron chi connectivity index (χ2n) is 2.39. The number of ether oxygens (including phenoxy) is 1. The molecule has 0 saturated carbocycles. The van der Waals surface area contributed by atoms with E-state index in [1.165, 1.54) is 0 Å². The van der Waals surface area contributed by atoms with E-state index in [0.29, 0.717) is 0 Å². The van der Waals surface area contributed by atoms with Crippen LogP contribution in [0.15, 0.2) is 0 Å². The molecular weight excluding hydrogens is 156 g/mol. The minimum absolute atomic E-state index is 1.59. The molecular formula is C5H10O6. The highest BCUT2D eigenvalue weighted by atomic mass is 16.7. The second-order valence-corrected chi connectivity index (χ2v) is 2.39. The van der Waals surface area contributed by atoms with Crippen molar-refractivity contribution in [1.29, 1.82) is 0 Å². The fourth-order valence-corrected chi connectivity index (χ4v) is 0.843. The quantitative estimate of drug-likeness (QED) is 0.258. The van der Waals surface area contributed by atoms with E-state index in [-0.39, 0.29) is 0 Å². The van der Waals surface area contributed by atoms with Gasteiger partial charge in [0.1, 0.15) is 18.3 Å². The van der Waals surface area contributed by atoms with E-state index in [0.717, 1.165) is 0 Å². The zero-order valence-electron chi connectivity index (χ0n) is 5.53. The van der Waals surface area contributed by atoms with Crippen molar-refractivity contribution in [2.45, 2.75) is 30.9 Å². The monoisotopic (exact) mass is 166 g/mol. The minimum Gasteiger partial charge on any atom is -0.387 e. The molecule has 0 amide bonds. The predicted octanol–water partition coefficient (Wildman–Crippen LogP) is -3.26. The van der Waals surface area contributed by atoms with Crippen LogP contribution >= 0.6 is 0 Å². The maximum absolute atomic E-state index is 8.89. The van der Waals surface area contributed by atoms with Gasteiger partial charge in [0, 0.05) is 0 Å². The third-order valence-corrected chi connectivity index (χ3v) is 1.56. The number of aliphatic hydroxyl groups excluding tert-OH is 5. The average molecular weight is 166 g/mol. The zero-order valence-corrected chi connectivity index (χ0v) is 5.53. The SMILES string of the molecule is OC1[C@H](O)[C@H](O)O[C@@H](O)[C@H]1O. The summed E-state index contributed by atoms with van der Waals surface area (Å²) < 4.78 is 4.23. The van der Waals surface area contributed by atoms with Gasteiger partial charge in [-0.1, -0.05) is 0 Å². The maximum atomic E-state index is 8.89. The molecule has 0 bridgehead atoms. The third-order valence-electron chi connectivity index (χ3n) is 1.56.